The molecule has 10 nitrogen and oxygen atoms in total. The zero-order chi connectivity index (χ0) is 41.8. The predicted octanol–water partition coefficient (Wildman–Crippen LogP) is 8.86. The van der Waals surface area contributed by atoms with Crippen molar-refractivity contribution in [3.8, 4) is 0 Å². The van der Waals surface area contributed by atoms with E-state index in [4.69, 9.17) is 9.47 Å². The van der Waals surface area contributed by atoms with Gasteiger partial charge in [-0.15, -0.1) is 0 Å². The Morgan fingerprint density at radius 3 is 1.49 bits per heavy atom. The van der Waals surface area contributed by atoms with E-state index in [1.807, 2.05) is 6.08 Å². The van der Waals surface area contributed by atoms with Crippen LogP contribution in [0.25, 0.3) is 0 Å². The van der Waals surface area contributed by atoms with Crippen LogP contribution in [0.2, 0.25) is 0 Å². The lowest BCUT2D eigenvalue weighted by Crippen LogP contribution is -2.60. The van der Waals surface area contributed by atoms with E-state index in [9.17, 15) is 35.4 Å². The molecule has 0 bridgehead atoms. The largest absolute Gasteiger partial charge is 0.394 e. The number of hydrogen-bond donors (Lipinski definition) is 7. The number of aliphatic hydroxyl groups excluding tert-OH is 6. The van der Waals surface area contributed by atoms with Gasteiger partial charge in [0, 0.05) is 0 Å². The van der Waals surface area contributed by atoms with Crippen LogP contribution in [-0.2, 0) is 14.3 Å². The Kier molecular flexibility index (Phi) is 35.4. The Morgan fingerprint density at radius 1 is 0.596 bits per heavy atom. The van der Waals surface area contributed by atoms with Gasteiger partial charge in [0.05, 0.1) is 25.4 Å². The maximum absolute atomic E-state index is 13.0. The summed E-state index contributed by atoms with van der Waals surface area (Å²) in [6, 6.07) is -0.985. The first-order chi connectivity index (χ1) is 27.8. The van der Waals surface area contributed by atoms with Gasteiger partial charge >= 0.3 is 0 Å². The van der Waals surface area contributed by atoms with Crippen LogP contribution in [0.4, 0.5) is 0 Å². The van der Waals surface area contributed by atoms with Gasteiger partial charge in [0.15, 0.2) is 6.29 Å². The molecule has 3 unspecified atom stereocenters. The van der Waals surface area contributed by atoms with Crippen molar-refractivity contribution in [1.29, 1.82) is 0 Å². The fraction of sp³-hybridized carbons (Fsp3) is 0.894. The molecule has 0 radical (unpaired) electrons. The van der Waals surface area contributed by atoms with E-state index in [2.05, 4.69) is 31.3 Å². The molecule has 0 saturated carbocycles. The third-order valence-corrected chi connectivity index (χ3v) is 11.4. The van der Waals surface area contributed by atoms with Crippen LogP contribution < -0.4 is 5.32 Å². The molecule has 7 N–H and O–H groups in total. The van der Waals surface area contributed by atoms with Gasteiger partial charge in [0.25, 0.3) is 0 Å². The number of aliphatic hydroxyl groups is 6. The first kappa shape index (κ1) is 53.6. The van der Waals surface area contributed by atoms with Crippen molar-refractivity contribution in [2.24, 2.45) is 0 Å². The van der Waals surface area contributed by atoms with Gasteiger partial charge in [0.2, 0.25) is 5.91 Å². The molecule has 1 saturated heterocycles. The average molecular weight is 812 g/mol. The maximum atomic E-state index is 13.0. The van der Waals surface area contributed by atoms with E-state index in [1.165, 1.54) is 128 Å². The lowest BCUT2D eigenvalue weighted by Gasteiger charge is -2.40. The number of amides is 1. The van der Waals surface area contributed by atoms with E-state index in [1.54, 1.807) is 6.08 Å². The summed E-state index contributed by atoms with van der Waals surface area (Å²) in [7, 11) is 0. The Morgan fingerprint density at radius 2 is 1.02 bits per heavy atom. The molecule has 1 aliphatic heterocycles. The number of rotatable bonds is 39. The molecule has 1 amide bonds. The summed E-state index contributed by atoms with van der Waals surface area (Å²) in [5.41, 5.74) is 0. The second kappa shape index (κ2) is 37.6. The van der Waals surface area contributed by atoms with Crippen LogP contribution in [0.1, 0.15) is 206 Å². The van der Waals surface area contributed by atoms with E-state index in [0.29, 0.717) is 6.42 Å². The number of allylic oxidation sites excluding steroid dienone is 3. The van der Waals surface area contributed by atoms with E-state index < -0.39 is 61.5 Å². The number of hydrogen-bond acceptors (Lipinski definition) is 9. The molecule has 1 fully saturated rings. The fourth-order valence-electron chi connectivity index (χ4n) is 7.45. The molecule has 0 spiro atoms. The molecule has 57 heavy (non-hydrogen) atoms. The van der Waals surface area contributed by atoms with E-state index in [-0.39, 0.29) is 6.61 Å². The smallest absolute Gasteiger partial charge is 0.249 e. The highest BCUT2D eigenvalue weighted by Crippen LogP contribution is 2.23. The normalized spacial score (nSPS) is 21.7. The quantitative estimate of drug-likeness (QED) is 0.0237. The van der Waals surface area contributed by atoms with Gasteiger partial charge in [-0.1, -0.05) is 186 Å². The average Bonchev–Trinajstić information content (AvgIpc) is 3.21. The summed E-state index contributed by atoms with van der Waals surface area (Å²) in [5.74, 6) is -0.621. The lowest BCUT2D eigenvalue weighted by atomic mass is 9.99. The second-order valence-corrected chi connectivity index (χ2v) is 16.7. The Balaban J connectivity index is 2.38. The maximum Gasteiger partial charge on any atom is 0.249 e. The van der Waals surface area contributed by atoms with Crippen molar-refractivity contribution in [2.45, 2.75) is 255 Å². The SMILES string of the molecule is CCCCCCC/C=C/CCCC/C=C/[C@@H](O)[C@H](CO[C@@H]1OC(CO)[C@@H](O)C(O)C1O)NC(=O)[C@H](O)CCCCCCCCCCCCCCCCCCCCC. The standard InChI is InChI=1S/C47H89NO9/c1-3-5-7-9-11-13-15-17-18-19-20-21-22-24-26-28-30-32-34-36-41(51)46(55)48-39(38-56-47-45(54)44(53)43(52)42(37-49)57-47)40(50)35-33-31-29-27-25-23-16-14-12-10-8-6-4-2/h16,23,33,35,39-45,47,49-54H,3-15,17-22,24-32,34,36-38H2,1-2H3,(H,48,55)/b23-16+,35-33+/t39-,40+,41+,42?,43+,44?,45?,47+/m0/s1. The van der Waals surface area contributed by atoms with Crippen molar-refractivity contribution < 1.29 is 44.9 Å². The topological polar surface area (TPSA) is 169 Å². The Labute approximate surface area is 348 Å². The Bertz CT molecular complexity index is 963. The van der Waals surface area contributed by atoms with Crippen molar-refractivity contribution in [2.75, 3.05) is 13.2 Å². The Hall–Kier alpha value is -1.37. The monoisotopic (exact) mass is 812 g/mol. The second-order valence-electron chi connectivity index (χ2n) is 16.7. The van der Waals surface area contributed by atoms with Gasteiger partial charge < -0.3 is 45.4 Å². The molecule has 0 aliphatic carbocycles. The predicted molar refractivity (Wildman–Crippen MR) is 232 cm³/mol. The number of carbonyl (C=O) groups is 1. The van der Waals surface area contributed by atoms with Gasteiger partial charge in [-0.2, -0.15) is 0 Å². The van der Waals surface area contributed by atoms with Crippen molar-refractivity contribution >= 4 is 5.91 Å². The summed E-state index contributed by atoms with van der Waals surface area (Å²) >= 11 is 0. The molecular weight excluding hydrogens is 723 g/mol. The highest BCUT2D eigenvalue weighted by atomic mass is 16.7. The van der Waals surface area contributed by atoms with Crippen LogP contribution in [0.15, 0.2) is 24.3 Å². The summed E-state index contributed by atoms with van der Waals surface area (Å²) in [6.45, 7) is 3.59. The van der Waals surface area contributed by atoms with Gasteiger partial charge in [-0.3, -0.25) is 4.79 Å². The summed E-state index contributed by atoms with van der Waals surface area (Å²) in [4.78, 5) is 13.0. The van der Waals surface area contributed by atoms with Crippen LogP contribution >= 0.6 is 0 Å². The highest BCUT2D eigenvalue weighted by molar-refractivity contribution is 5.80. The van der Waals surface area contributed by atoms with Crippen LogP contribution in [-0.4, -0.2) is 98.7 Å². The van der Waals surface area contributed by atoms with Crippen molar-refractivity contribution in [3.63, 3.8) is 0 Å². The van der Waals surface area contributed by atoms with E-state index >= 15 is 0 Å². The van der Waals surface area contributed by atoms with Crippen LogP contribution in [0.3, 0.4) is 0 Å². The minimum absolute atomic E-state index is 0.310. The third kappa shape index (κ3) is 27.9. The highest BCUT2D eigenvalue weighted by Gasteiger charge is 2.44. The zero-order valence-corrected chi connectivity index (χ0v) is 36.5. The molecule has 336 valence electrons. The molecule has 1 heterocycles. The van der Waals surface area contributed by atoms with Crippen LogP contribution in [0.5, 0.6) is 0 Å². The minimum atomic E-state index is -1.61. The van der Waals surface area contributed by atoms with Gasteiger partial charge in [0.1, 0.15) is 30.5 Å². The van der Waals surface area contributed by atoms with Gasteiger partial charge in [-0.05, 0) is 44.9 Å². The molecule has 8 atom stereocenters. The van der Waals surface area contributed by atoms with Crippen molar-refractivity contribution in [3.05, 3.63) is 24.3 Å². The third-order valence-electron chi connectivity index (χ3n) is 11.4. The molecule has 1 rings (SSSR count). The van der Waals surface area contributed by atoms with Crippen LogP contribution in [0, 0.1) is 0 Å². The van der Waals surface area contributed by atoms with Crippen molar-refractivity contribution in [1.82, 2.24) is 5.32 Å². The van der Waals surface area contributed by atoms with E-state index in [0.717, 1.165) is 57.8 Å². The molecule has 0 aromatic rings. The molecule has 10 heteroatoms. The number of ether oxygens (including phenoxy) is 2. The molecule has 1 aliphatic rings. The summed E-state index contributed by atoms with van der Waals surface area (Å²) < 4.78 is 11.1. The lowest BCUT2D eigenvalue weighted by molar-refractivity contribution is -0.302. The first-order valence-corrected chi connectivity index (χ1v) is 23.7. The summed E-state index contributed by atoms with van der Waals surface area (Å²) in [5, 5.41) is 64.6. The fourth-order valence-corrected chi connectivity index (χ4v) is 7.45. The summed E-state index contributed by atoms with van der Waals surface area (Å²) in [6.07, 6.45) is 34.1. The molecular formula is C47H89NO9. The number of carbonyl (C=O) groups excluding carboxylic acids is 1. The zero-order valence-electron chi connectivity index (χ0n) is 36.5. The number of nitrogens with one attached hydrogen (secondary N) is 1. The first-order valence-electron chi connectivity index (χ1n) is 23.7. The molecule has 0 aromatic heterocycles. The minimum Gasteiger partial charge on any atom is -0.394 e. The molecule has 0 aromatic carbocycles. The number of unbranched alkanes of at least 4 members (excludes halogenated alkanes) is 26. The van der Waals surface area contributed by atoms with Gasteiger partial charge in [-0.25, -0.2) is 0 Å².